The number of hydrogen-bond donors (Lipinski definition) is 3. The van der Waals surface area contributed by atoms with Crippen LogP contribution in [0.5, 0.6) is 0 Å². The number of benzene rings is 1. The Labute approximate surface area is 204 Å². The Hall–Kier alpha value is -3.18. The number of nitrogens with zero attached hydrogens (tertiary/aromatic N) is 2. The van der Waals surface area contributed by atoms with Crippen LogP contribution in [-0.4, -0.2) is 33.3 Å². The quantitative estimate of drug-likeness (QED) is 0.316. The third kappa shape index (κ3) is 5.48. The van der Waals surface area contributed by atoms with Gasteiger partial charge in [0.05, 0.1) is 11.2 Å². The SMILES string of the molecule is C=C/C(CNCC(C)C)=C(C)\C(=C/C)c1ccc2[nH]nc(-c3nc4c([nH]3)CCC=C4)c2c1.CC. The molecule has 0 saturated carbocycles. The molecule has 1 aromatic carbocycles. The minimum Gasteiger partial charge on any atom is -0.340 e. The zero-order valence-electron chi connectivity index (χ0n) is 21.5. The average molecular weight is 458 g/mol. The Morgan fingerprint density at radius 1 is 1.26 bits per heavy atom. The third-order valence-corrected chi connectivity index (χ3v) is 6.03. The second-order valence-electron chi connectivity index (χ2n) is 8.80. The summed E-state index contributed by atoms with van der Waals surface area (Å²) in [5.41, 5.74) is 8.92. The summed E-state index contributed by atoms with van der Waals surface area (Å²) in [6.45, 7) is 18.6. The molecule has 34 heavy (non-hydrogen) atoms. The lowest BCUT2D eigenvalue weighted by molar-refractivity contribution is 0.573. The van der Waals surface area contributed by atoms with Gasteiger partial charge in [-0.25, -0.2) is 4.98 Å². The lowest BCUT2D eigenvalue weighted by Crippen LogP contribution is -2.22. The molecule has 5 nitrogen and oxygen atoms in total. The van der Waals surface area contributed by atoms with Crippen LogP contribution in [0.2, 0.25) is 0 Å². The zero-order chi connectivity index (χ0) is 24.7. The highest BCUT2D eigenvalue weighted by Crippen LogP contribution is 2.32. The van der Waals surface area contributed by atoms with Crippen LogP contribution in [0.3, 0.4) is 0 Å². The van der Waals surface area contributed by atoms with Gasteiger partial charge in [0.15, 0.2) is 5.82 Å². The molecule has 4 rings (SSSR count). The van der Waals surface area contributed by atoms with Gasteiger partial charge in [-0.15, -0.1) is 0 Å². The molecule has 0 unspecified atom stereocenters. The second kappa shape index (κ2) is 11.8. The van der Waals surface area contributed by atoms with Gasteiger partial charge in [-0.1, -0.05) is 58.6 Å². The summed E-state index contributed by atoms with van der Waals surface area (Å²) in [5.74, 6) is 1.44. The van der Waals surface area contributed by atoms with Crippen molar-refractivity contribution in [2.75, 3.05) is 13.1 Å². The summed E-state index contributed by atoms with van der Waals surface area (Å²) < 4.78 is 0. The molecule has 3 aromatic rings. The number of nitrogens with one attached hydrogen (secondary N) is 3. The number of aromatic nitrogens is 4. The van der Waals surface area contributed by atoms with E-state index in [1.807, 2.05) is 19.9 Å². The number of fused-ring (bicyclic) bond motifs is 2. The summed E-state index contributed by atoms with van der Waals surface area (Å²) in [6, 6.07) is 6.47. The van der Waals surface area contributed by atoms with E-state index >= 15 is 0 Å². The number of aryl methyl sites for hydroxylation is 1. The van der Waals surface area contributed by atoms with Crippen molar-refractivity contribution in [3.05, 3.63) is 71.1 Å². The van der Waals surface area contributed by atoms with Gasteiger partial charge in [-0.2, -0.15) is 5.10 Å². The van der Waals surface area contributed by atoms with Crippen molar-refractivity contribution >= 4 is 22.6 Å². The fourth-order valence-electron chi connectivity index (χ4n) is 4.27. The zero-order valence-corrected chi connectivity index (χ0v) is 21.5. The Kier molecular flexibility index (Phi) is 8.83. The van der Waals surface area contributed by atoms with E-state index in [2.05, 4.69) is 91.2 Å². The lowest BCUT2D eigenvalue weighted by Gasteiger charge is -2.15. The number of H-pyrrole nitrogens is 2. The third-order valence-electron chi connectivity index (χ3n) is 6.03. The lowest BCUT2D eigenvalue weighted by atomic mass is 9.93. The van der Waals surface area contributed by atoms with Gasteiger partial charge in [0.1, 0.15) is 5.69 Å². The minimum atomic E-state index is 0.618. The number of aromatic amines is 2. The molecular formula is C29H39N5. The highest BCUT2D eigenvalue weighted by molar-refractivity contribution is 5.95. The van der Waals surface area contributed by atoms with Crippen molar-refractivity contribution in [1.29, 1.82) is 0 Å². The van der Waals surface area contributed by atoms with E-state index in [1.54, 1.807) is 0 Å². The van der Waals surface area contributed by atoms with E-state index in [1.165, 1.54) is 28.0 Å². The number of rotatable bonds is 8. The molecule has 0 radical (unpaired) electrons. The smallest absolute Gasteiger partial charge is 0.159 e. The van der Waals surface area contributed by atoms with Crippen LogP contribution in [0.15, 0.2) is 54.2 Å². The molecule has 3 N–H and O–H groups in total. The molecule has 2 heterocycles. The van der Waals surface area contributed by atoms with Gasteiger partial charge in [0.25, 0.3) is 0 Å². The molecule has 0 aliphatic heterocycles. The Balaban J connectivity index is 0.00000158. The summed E-state index contributed by atoms with van der Waals surface area (Å²) in [7, 11) is 0. The van der Waals surface area contributed by atoms with Crippen molar-refractivity contribution in [3.8, 4) is 11.5 Å². The molecule has 180 valence electrons. The Bertz CT molecular complexity index is 1220. The van der Waals surface area contributed by atoms with Gasteiger partial charge in [0, 0.05) is 17.6 Å². The van der Waals surface area contributed by atoms with E-state index in [0.717, 1.165) is 54.0 Å². The summed E-state index contributed by atoms with van der Waals surface area (Å²) in [5, 5.41) is 12.4. The van der Waals surface area contributed by atoms with Crippen LogP contribution >= 0.6 is 0 Å². The number of hydrogen-bond acceptors (Lipinski definition) is 3. The van der Waals surface area contributed by atoms with Gasteiger partial charge in [-0.05, 0) is 79.6 Å². The highest BCUT2D eigenvalue weighted by atomic mass is 15.1. The summed E-state index contributed by atoms with van der Waals surface area (Å²) >= 11 is 0. The normalized spacial score (nSPS) is 14.0. The molecular weight excluding hydrogens is 418 g/mol. The first-order valence-electron chi connectivity index (χ1n) is 12.5. The first-order chi connectivity index (χ1) is 16.5. The monoisotopic (exact) mass is 457 g/mol. The molecule has 0 bridgehead atoms. The maximum absolute atomic E-state index is 4.79. The Morgan fingerprint density at radius 2 is 2.06 bits per heavy atom. The topological polar surface area (TPSA) is 69.4 Å². The van der Waals surface area contributed by atoms with E-state index in [4.69, 9.17) is 4.98 Å². The van der Waals surface area contributed by atoms with Gasteiger partial charge in [0.2, 0.25) is 0 Å². The first-order valence-corrected chi connectivity index (χ1v) is 12.5. The number of imidazole rings is 1. The van der Waals surface area contributed by atoms with Crippen molar-refractivity contribution < 1.29 is 0 Å². The first kappa shape index (κ1) is 25.4. The maximum Gasteiger partial charge on any atom is 0.159 e. The summed E-state index contributed by atoms with van der Waals surface area (Å²) in [4.78, 5) is 8.28. The van der Waals surface area contributed by atoms with Crippen LogP contribution < -0.4 is 5.32 Å². The molecule has 0 spiro atoms. The second-order valence-corrected chi connectivity index (χ2v) is 8.80. The minimum absolute atomic E-state index is 0.618. The molecule has 0 amide bonds. The molecule has 0 atom stereocenters. The van der Waals surface area contributed by atoms with E-state index in [0.29, 0.717) is 5.92 Å². The molecule has 0 fully saturated rings. The largest absolute Gasteiger partial charge is 0.340 e. The predicted octanol–water partition coefficient (Wildman–Crippen LogP) is 7.09. The molecule has 1 aliphatic carbocycles. The van der Waals surface area contributed by atoms with Crippen LogP contribution in [0.4, 0.5) is 0 Å². The predicted molar refractivity (Wildman–Crippen MR) is 147 cm³/mol. The van der Waals surface area contributed by atoms with Crippen molar-refractivity contribution in [3.63, 3.8) is 0 Å². The van der Waals surface area contributed by atoms with E-state index in [9.17, 15) is 0 Å². The van der Waals surface area contributed by atoms with Crippen LogP contribution in [0, 0.1) is 5.92 Å². The van der Waals surface area contributed by atoms with E-state index in [-0.39, 0.29) is 0 Å². The van der Waals surface area contributed by atoms with Gasteiger partial charge in [-0.3, -0.25) is 5.10 Å². The molecule has 2 aromatic heterocycles. The fraction of sp³-hybridized carbons (Fsp3) is 0.379. The highest BCUT2D eigenvalue weighted by Gasteiger charge is 2.17. The molecule has 1 aliphatic rings. The molecule has 0 saturated heterocycles. The van der Waals surface area contributed by atoms with Crippen molar-refractivity contribution in [1.82, 2.24) is 25.5 Å². The van der Waals surface area contributed by atoms with Gasteiger partial charge >= 0.3 is 0 Å². The van der Waals surface area contributed by atoms with E-state index < -0.39 is 0 Å². The van der Waals surface area contributed by atoms with Crippen molar-refractivity contribution in [2.45, 2.75) is 54.4 Å². The van der Waals surface area contributed by atoms with Crippen LogP contribution in [-0.2, 0) is 6.42 Å². The van der Waals surface area contributed by atoms with Crippen LogP contribution in [0.1, 0.15) is 64.9 Å². The fourth-order valence-corrected chi connectivity index (χ4v) is 4.27. The van der Waals surface area contributed by atoms with Crippen LogP contribution in [0.25, 0.3) is 34.1 Å². The summed E-state index contributed by atoms with van der Waals surface area (Å²) in [6.07, 6.45) is 10.5. The molecule has 5 heteroatoms. The standard InChI is InChI=1S/C27H33N5.C2H6/c1-6-19(16-28-15-17(3)4)18(5)21(7-2)20-12-13-23-22(14-20)26(32-31-23)27-29-24-10-8-9-11-25(24)30-27;1-2/h6-8,10,12-14,17,28H,1,9,11,15-16H2,2-5H3,(H,29,30)(H,31,32);1-2H3/b19-18+,21-7+;. The van der Waals surface area contributed by atoms with Gasteiger partial charge < -0.3 is 10.3 Å². The Morgan fingerprint density at radius 3 is 2.74 bits per heavy atom. The number of allylic oxidation sites excluding steroid dienone is 4. The van der Waals surface area contributed by atoms with Crippen molar-refractivity contribution in [2.24, 2.45) is 5.92 Å². The maximum atomic E-state index is 4.79. The average Bonchev–Trinajstić information content (AvgIpc) is 3.47.